The molecule has 0 aliphatic carbocycles. The Kier molecular flexibility index (Phi) is 7.67. The third kappa shape index (κ3) is 5.74. The van der Waals surface area contributed by atoms with Gasteiger partial charge in [-0.1, -0.05) is 36.1 Å². The molecule has 200 valence electrons. The van der Waals surface area contributed by atoms with Crippen LogP contribution in [0.1, 0.15) is 11.1 Å². The van der Waals surface area contributed by atoms with Gasteiger partial charge in [-0.3, -0.25) is 29.9 Å². The molecule has 4 rings (SSSR count). The summed E-state index contributed by atoms with van der Waals surface area (Å²) in [6.07, 6.45) is 1.52. The average Bonchev–Trinajstić information content (AvgIpc) is 3.16. The molecule has 0 N–H and O–H groups in total. The number of aryl methyl sites for hydroxylation is 1. The first-order chi connectivity index (χ1) is 18.4. The van der Waals surface area contributed by atoms with Crippen LogP contribution in [0.5, 0.6) is 11.5 Å². The Labute approximate surface area is 231 Å². The molecule has 0 atom stereocenters. The highest BCUT2D eigenvalue weighted by Crippen LogP contribution is 2.38. The van der Waals surface area contributed by atoms with E-state index in [-0.39, 0.29) is 32.1 Å². The first-order valence-corrected chi connectivity index (χ1v) is 13.4. The van der Waals surface area contributed by atoms with Gasteiger partial charge in [0.1, 0.15) is 4.90 Å². The van der Waals surface area contributed by atoms with Crippen molar-refractivity contribution in [3.63, 3.8) is 0 Å². The van der Waals surface area contributed by atoms with Crippen LogP contribution in [-0.2, 0) is 14.9 Å². The zero-order chi connectivity index (χ0) is 28.5. The van der Waals surface area contributed by atoms with Crippen LogP contribution in [0.25, 0.3) is 6.08 Å². The van der Waals surface area contributed by atoms with Gasteiger partial charge >= 0.3 is 10.1 Å². The van der Waals surface area contributed by atoms with E-state index in [4.69, 9.17) is 21.1 Å². The molecule has 1 saturated heterocycles. The second kappa shape index (κ2) is 10.8. The second-order valence-electron chi connectivity index (χ2n) is 7.94. The fourth-order valence-electron chi connectivity index (χ4n) is 3.52. The molecule has 15 heteroatoms. The fourth-order valence-corrected chi connectivity index (χ4v) is 5.78. The molecule has 0 bridgehead atoms. The lowest BCUT2D eigenvalue weighted by Gasteiger charge is -2.14. The van der Waals surface area contributed by atoms with E-state index in [9.17, 15) is 33.4 Å². The molecule has 1 amide bonds. The number of hydrogen-bond donors (Lipinski definition) is 0. The maximum absolute atomic E-state index is 13.0. The molecule has 12 nitrogen and oxygen atoms in total. The van der Waals surface area contributed by atoms with E-state index in [1.807, 2.05) is 0 Å². The first-order valence-electron chi connectivity index (χ1n) is 10.8. The Balaban J connectivity index is 1.59. The predicted molar refractivity (Wildman–Crippen MR) is 147 cm³/mol. The van der Waals surface area contributed by atoms with Crippen molar-refractivity contribution in [1.82, 2.24) is 0 Å². The molecule has 1 fully saturated rings. The highest BCUT2D eigenvalue weighted by atomic mass is 32.2. The van der Waals surface area contributed by atoms with Crippen molar-refractivity contribution >= 4 is 67.5 Å². The number of benzene rings is 3. The molecule has 0 aromatic heterocycles. The van der Waals surface area contributed by atoms with E-state index in [0.29, 0.717) is 16.8 Å². The van der Waals surface area contributed by atoms with Crippen LogP contribution in [0.3, 0.4) is 0 Å². The van der Waals surface area contributed by atoms with Crippen LogP contribution in [0.4, 0.5) is 17.1 Å². The van der Waals surface area contributed by atoms with Gasteiger partial charge in [-0.15, -0.1) is 0 Å². The largest absolute Gasteiger partial charge is 0.493 e. The van der Waals surface area contributed by atoms with Crippen molar-refractivity contribution in [2.75, 3.05) is 12.0 Å². The number of non-ortho nitro benzene ring substituents is 1. The maximum atomic E-state index is 13.0. The molecule has 3 aromatic carbocycles. The number of carbonyl (C=O) groups excluding carboxylic acids is 1. The molecular weight excluding hydrogens is 570 g/mol. The molecule has 0 spiro atoms. The highest BCUT2D eigenvalue weighted by Gasteiger charge is 2.33. The van der Waals surface area contributed by atoms with Crippen molar-refractivity contribution < 1.29 is 32.0 Å². The minimum Gasteiger partial charge on any atom is -0.493 e. The summed E-state index contributed by atoms with van der Waals surface area (Å²) in [5.74, 6) is -0.585. The lowest BCUT2D eigenvalue weighted by Crippen LogP contribution is -2.27. The number of nitro benzene ring substituents is 2. The molecule has 3 aromatic rings. The molecule has 0 radical (unpaired) electrons. The summed E-state index contributed by atoms with van der Waals surface area (Å²) in [4.78, 5) is 35.0. The number of anilines is 1. The predicted octanol–water partition coefficient (Wildman–Crippen LogP) is 4.99. The Morgan fingerprint density at radius 2 is 1.67 bits per heavy atom. The van der Waals surface area contributed by atoms with Crippen LogP contribution < -0.4 is 13.8 Å². The highest BCUT2D eigenvalue weighted by molar-refractivity contribution is 8.27. The number of rotatable bonds is 8. The standard InChI is InChI=1S/C24H17N3O9S3/c1-14-3-9-18(13-19(14)27(31)32)39(33,34)36-20-10-4-15(11-21(20)35-2)12-22-23(28)25(24(37)38-22)16-5-7-17(8-6-16)26(29)30/h3-13H,1-2H3/b22-12+. The van der Waals surface area contributed by atoms with Crippen molar-refractivity contribution in [1.29, 1.82) is 0 Å². The zero-order valence-corrected chi connectivity index (χ0v) is 22.5. The molecule has 1 aliphatic heterocycles. The third-order valence-corrected chi connectivity index (χ3v) is 8.00. The summed E-state index contributed by atoms with van der Waals surface area (Å²) in [6.45, 7) is 1.48. The quantitative estimate of drug-likeness (QED) is 0.115. The van der Waals surface area contributed by atoms with Gasteiger partial charge in [0.25, 0.3) is 17.3 Å². The Morgan fingerprint density at radius 1 is 0.974 bits per heavy atom. The van der Waals surface area contributed by atoms with Crippen LogP contribution >= 0.6 is 24.0 Å². The monoisotopic (exact) mass is 587 g/mol. The summed E-state index contributed by atoms with van der Waals surface area (Å²) in [6, 6.07) is 13.1. The van der Waals surface area contributed by atoms with E-state index in [1.165, 1.54) is 79.6 Å². The summed E-state index contributed by atoms with van der Waals surface area (Å²) in [5.41, 5.74) is 0.630. The number of carbonyl (C=O) groups is 1. The lowest BCUT2D eigenvalue weighted by atomic mass is 10.2. The molecule has 0 saturated carbocycles. The summed E-state index contributed by atoms with van der Waals surface area (Å²) < 4.78 is 36.3. The van der Waals surface area contributed by atoms with E-state index < -0.39 is 30.8 Å². The van der Waals surface area contributed by atoms with Crippen LogP contribution in [0.15, 0.2) is 70.5 Å². The Hall–Kier alpha value is -4.34. The maximum Gasteiger partial charge on any atom is 0.339 e. The van der Waals surface area contributed by atoms with E-state index in [2.05, 4.69) is 0 Å². The third-order valence-electron chi connectivity index (χ3n) is 5.46. The Bertz CT molecular complexity index is 1670. The van der Waals surface area contributed by atoms with Crippen LogP contribution in [0.2, 0.25) is 0 Å². The number of thioether (sulfide) groups is 1. The molecule has 1 aliphatic rings. The second-order valence-corrected chi connectivity index (χ2v) is 11.2. The Morgan fingerprint density at radius 3 is 2.28 bits per heavy atom. The normalized spacial score (nSPS) is 14.5. The first kappa shape index (κ1) is 27.7. The zero-order valence-electron chi connectivity index (χ0n) is 20.1. The number of ether oxygens (including phenoxy) is 1. The van der Waals surface area contributed by atoms with Crippen molar-refractivity contribution in [3.05, 3.63) is 96.9 Å². The van der Waals surface area contributed by atoms with Crippen LogP contribution in [-0.4, -0.2) is 35.6 Å². The molecule has 1 heterocycles. The number of thiocarbonyl (C=S) groups is 1. The fraction of sp³-hybridized carbons (Fsp3) is 0.0833. The van der Waals surface area contributed by atoms with Gasteiger partial charge in [0.15, 0.2) is 15.8 Å². The van der Waals surface area contributed by atoms with Crippen molar-refractivity contribution in [2.45, 2.75) is 11.8 Å². The number of hydrogen-bond acceptors (Lipinski definition) is 11. The van der Waals surface area contributed by atoms with E-state index >= 15 is 0 Å². The number of methoxy groups -OCH3 is 1. The van der Waals surface area contributed by atoms with Gasteiger partial charge in [-0.25, -0.2) is 0 Å². The molecular formula is C24H17N3O9S3. The van der Waals surface area contributed by atoms with Crippen molar-refractivity contribution in [2.24, 2.45) is 0 Å². The van der Waals surface area contributed by atoms with Gasteiger partial charge in [-0.2, -0.15) is 8.42 Å². The average molecular weight is 588 g/mol. The van der Waals surface area contributed by atoms with Gasteiger partial charge in [0.2, 0.25) is 0 Å². The van der Waals surface area contributed by atoms with Gasteiger partial charge in [-0.05, 0) is 48.9 Å². The number of amides is 1. The van der Waals surface area contributed by atoms with E-state index in [1.54, 1.807) is 0 Å². The van der Waals surface area contributed by atoms with Gasteiger partial charge < -0.3 is 8.92 Å². The van der Waals surface area contributed by atoms with E-state index in [0.717, 1.165) is 17.8 Å². The smallest absolute Gasteiger partial charge is 0.339 e. The minimum absolute atomic E-state index is 0.0276. The topological polar surface area (TPSA) is 159 Å². The molecule has 39 heavy (non-hydrogen) atoms. The van der Waals surface area contributed by atoms with Gasteiger partial charge in [0, 0.05) is 23.8 Å². The summed E-state index contributed by atoms with van der Waals surface area (Å²) in [5, 5.41) is 22.1. The lowest BCUT2D eigenvalue weighted by molar-refractivity contribution is -0.385. The summed E-state index contributed by atoms with van der Waals surface area (Å²) in [7, 11) is -3.15. The number of nitro groups is 2. The minimum atomic E-state index is -4.44. The summed E-state index contributed by atoms with van der Waals surface area (Å²) >= 11 is 6.35. The van der Waals surface area contributed by atoms with Gasteiger partial charge in [0.05, 0.1) is 27.5 Å². The number of nitrogens with zero attached hydrogens (tertiary/aromatic N) is 3. The van der Waals surface area contributed by atoms with Crippen LogP contribution in [0, 0.1) is 27.2 Å². The SMILES string of the molecule is COc1cc(/C=C2/SC(=S)N(c3ccc([N+](=O)[O-])cc3)C2=O)ccc1OS(=O)(=O)c1ccc(C)c([N+](=O)[O-])c1. The van der Waals surface area contributed by atoms with Crippen molar-refractivity contribution in [3.8, 4) is 11.5 Å². The molecule has 0 unspecified atom stereocenters.